The largest absolute Gasteiger partial charge is 0.302 e. The fourth-order valence-electron chi connectivity index (χ4n) is 2.11. The minimum atomic E-state index is -0.560. The predicted molar refractivity (Wildman–Crippen MR) is 68.8 cm³/mol. The van der Waals surface area contributed by atoms with Crippen LogP contribution >= 0.6 is 0 Å². The van der Waals surface area contributed by atoms with Gasteiger partial charge in [-0.05, 0) is 24.1 Å². The molecule has 104 valence electrons. The Kier molecular flexibility index (Phi) is 4.11. The molecule has 2 amide bonds. The van der Waals surface area contributed by atoms with Crippen molar-refractivity contribution in [3.05, 3.63) is 35.1 Å². The highest BCUT2D eigenvalue weighted by Crippen LogP contribution is 2.13. The summed E-state index contributed by atoms with van der Waals surface area (Å²) in [5, 5.41) is 11.8. The van der Waals surface area contributed by atoms with Crippen LogP contribution in [0.1, 0.15) is 24.0 Å². The number of nitrogens with zero attached hydrogens (tertiary/aromatic N) is 2. The fourth-order valence-corrected chi connectivity index (χ4v) is 2.11. The summed E-state index contributed by atoms with van der Waals surface area (Å²) >= 11 is 0. The minimum Gasteiger partial charge on any atom is -0.302 e. The average Bonchev–Trinajstić information content (AvgIpc) is 2.45. The molecule has 20 heavy (non-hydrogen) atoms. The lowest BCUT2D eigenvalue weighted by atomic mass is 10.0. The van der Waals surface area contributed by atoms with Crippen molar-refractivity contribution in [2.45, 2.75) is 25.4 Å². The van der Waals surface area contributed by atoms with Crippen molar-refractivity contribution < 1.29 is 14.0 Å². The maximum absolute atomic E-state index is 13.2. The highest BCUT2D eigenvalue weighted by Gasteiger charge is 2.31. The first kappa shape index (κ1) is 14.2. The fraction of sp³-hybridized carbons (Fsp3) is 0.357. The Morgan fingerprint density at radius 1 is 1.50 bits per heavy atom. The average molecular weight is 275 g/mol. The summed E-state index contributed by atoms with van der Waals surface area (Å²) < 4.78 is 13.2. The van der Waals surface area contributed by atoms with Crippen LogP contribution in [0.15, 0.2) is 18.2 Å². The van der Waals surface area contributed by atoms with E-state index >= 15 is 0 Å². The summed E-state index contributed by atoms with van der Waals surface area (Å²) in [5.74, 6) is -0.999. The van der Waals surface area contributed by atoms with Gasteiger partial charge in [0.05, 0.1) is 11.6 Å². The van der Waals surface area contributed by atoms with Crippen LogP contribution in [0.25, 0.3) is 0 Å². The molecule has 1 atom stereocenters. The number of piperidine rings is 1. The number of carbonyl (C=O) groups is 2. The predicted octanol–water partition coefficient (Wildman–Crippen LogP) is 0.934. The molecule has 0 saturated carbocycles. The number of carbonyl (C=O) groups excluding carboxylic acids is 2. The van der Waals surface area contributed by atoms with E-state index < -0.39 is 11.9 Å². The maximum Gasteiger partial charge on any atom is 0.246 e. The van der Waals surface area contributed by atoms with Crippen LogP contribution in [-0.4, -0.2) is 29.8 Å². The third-order valence-corrected chi connectivity index (χ3v) is 3.35. The number of benzene rings is 1. The molecule has 1 heterocycles. The summed E-state index contributed by atoms with van der Waals surface area (Å²) in [7, 11) is 1.46. The third-order valence-electron chi connectivity index (χ3n) is 3.35. The van der Waals surface area contributed by atoms with Gasteiger partial charge in [-0.3, -0.25) is 14.5 Å². The number of amides is 2. The lowest BCUT2D eigenvalue weighted by Crippen LogP contribution is -2.51. The van der Waals surface area contributed by atoms with Crippen LogP contribution in [0.4, 0.5) is 4.39 Å². The summed E-state index contributed by atoms with van der Waals surface area (Å²) in [6, 6.07) is 5.59. The van der Waals surface area contributed by atoms with Crippen LogP contribution < -0.4 is 5.32 Å². The molecule has 1 aromatic rings. The monoisotopic (exact) mass is 275 g/mol. The Hall–Kier alpha value is -2.26. The number of nitriles is 1. The smallest absolute Gasteiger partial charge is 0.246 e. The first-order valence-electron chi connectivity index (χ1n) is 6.25. The molecule has 1 aromatic carbocycles. The number of hydrogen-bond acceptors (Lipinski definition) is 4. The zero-order valence-corrected chi connectivity index (χ0v) is 11.0. The number of likely N-dealkylation sites (N-methyl/N-ethyl adjacent to an activating group) is 1. The topological polar surface area (TPSA) is 73.2 Å². The van der Waals surface area contributed by atoms with Gasteiger partial charge in [-0.15, -0.1) is 0 Å². The normalized spacial score (nSPS) is 19.1. The second-order valence-electron chi connectivity index (χ2n) is 4.69. The van der Waals surface area contributed by atoms with Crippen molar-refractivity contribution in [1.29, 1.82) is 5.26 Å². The van der Waals surface area contributed by atoms with Gasteiger partial charge in [0.1, 0.15) is 11.9 Å². The molecule has 0 bridgehead atoms. The van der Waals surface area contributed by atoms with Gasteiger partial charge in [0.25, 0.3) is 0 Å². The van der Waals surface area contributed by atoms with Crippen molar-refractivity contribution in [3.63, 3.8) is 0 Å². The van der Waals surface area contributed by atoms with Gasteiger partial charge in [0, 0.05) is 20.0 Å². The SMILES string of the molecule is CN1C(=O)CCC(NCc2ccc(F)c(C#N)c2)C1=O. The molecule has 5 nitrogen and oxygen atoms in total. The molecule has 1 saturated heterocycles. The van der Waals surface area contributed by atoms with Gasteiger partial charge in [-0.1, -0.05) is 6.07 Å². The quantitative estimate of drug-likeness (QED) is 0.833. The highest BCUT2D eigenvalue weighted by atomic mass is 19.1. The van der Waals surface area contributed by atoms with Gasteiger partial charge >= 0.3 is 0 Å². The van der Waals surface area contributed by atoms with Gasteiger partial charge < -0.3 is 5.32 Å². The first-order valence-corrected chi connectivity index (χ1v) is 6.25. The molecule has 0 radical (unpaired) electrons. The molecule has 0 aromatic heterocycles. The Labute approximate surface area is 116 Å². The maximum atomic E-state index is 13.2. The Morgan fingerprint density at radius 2 is 2.25 bits per heavy atom. The summed E-state index contributed by atoms with van der Waals surface area (Å²) in [5.41, 5.74) is 0.696. The molecular formula is C14H14FN3O2. The molecule has 2 rings (SSSR count). The van der Waals surface area contributed by atoms with Crippen molar-refractivity contribution in [3.8, 4) is 6.07 Å². The van der Waals surface area contributed by atoms with E-state index in [1.165, 1.54) is 19.2 Å². The number of nitrogens with one attached hydrogen (secondary N) is 1. The van der Waals surface area contributed by atoms with Crippen LogP contribution in [0, 0.1) is 17.1 Å². The first-order chi connectivity index (χ1) is 9.52. The van der Waals surface area contributed by atoms with Crippen LogP contribution in [0.3, 0.4) is 0 Å². The molecule has 1 fully saturated rings. The zero-order chi connectivity index (χ0) is 14.7. The number of hydrogen-bond donors (Lipinski definition) is 1. The van der Waals surface area contributed by atoms with E-state index in [2.05, 4.69) is 5.32 Å². The van der Waals surface area contributed by atoms with Crippen molar-refractivity contribution in [2.75, 3.05) is 7.05 Å². The molecular weight excluding hydrogens is 261 g/mol. The Bertz CT molecular complexity index is 595. The molecule has 6 heteroatoms. The molecule has 0 aliphatic carbocycles. The standard InChI is InChI=1S/C14H14FN3O2/c1-18-13(19)5-4-12(14(18)20)17-8-9-2-3-11(15)10(6-9)7-16/h2-3,6,12,17H,4-5,8H2,1H3. The Balaban J connectivity index is 2.01. The summed E-state index contributed by atoms with van der Waals surface area (Å²) in [4.78, 5) is 24.3. The van der Waals surface area contributed by atoms with E-state index in [9.17, 15) is 14.0 Å². The van der Waals surface area contributed by atoms with E-state index in [0.717, 1.165) is 10.5 Å². The van der Waals surface area contributed by atoms with Crippen molar-refractivity contribution in [2.24, 2.45) is 0 Å². The minimum absolute atomic E-state index is 0.0217. The lowest BCUT2D eigenvalue weighted by molar-refractivity contribution is -0.148. The molecule has 1 N–H and O–H groups in total. The molecule has 1 aliphatic rings. The lowest BCUT2D eigenvalue weighted by Gasteiger charge is -2.28. The zero-order valence-electron chi connectivity index (χ0n) is 11.0. The summed E-state index contributed by atoms with van der Waals surface area (Å²) in [6.45, 7) is 0.341. The van der Waals surface area contributed by atoms with Gasteiger partial charge in [-0.2, -0.15) is 5.26 Å². The second kappa shape index (κ2) is 5.80. The van der Waals surface area contributed by atoms with E-state index in [1.54, 1.807) is 12.1 Å². The van der Waals surface area contributed by atoms with Crippen molar-refractivity contribution >= 4 is 11.8 Å². The van der Waals surface area contributed by atoms with Gasteiger partial charge in [-0.25, -0.2) is 4.39 Å². The van der Waals surface area contributed by atoms with Gasteiger partial charge in [0.2, 0.25) is 11.8 Å². The van der Waals surface area contributed by atoms with Crippen LogP contribution in [-0.2, 0) is 16.1 Å². The van der Waals surface area contributed by atoms with Crippen LogP contribution in [0.2, 0.25) is 0 Å². The van der Waals surface area contributed by atoms with E-state index in [1.807, 2.05) is 0 Å². The summed E-state index contributed by atoms with van der Waals surface area (Å²) in [6.07, 6.45) is 0.779. The van der Waals surface area contributed by atoms with E-state index in [4.69, 9.17) is 5.26 Å². The molecule has 0 spiro atoms. The third kappa shape index (κ3) is 2.83. The van der Waals surface area contributed by atoms with Crippen molar-refractivity contribution in [1.82, 2.24) is 10.2 Å². The number of likely N-dealkylation sites (tertiary alicyclic amines) is 1. The second-order valence-corrected chi connectivity index (χ2v) is 4.69. The molecule has 1 unspecified atom stereocenters. The van der Waals surface area contributed by atoms with E-state index in [0.29, 0.717) is 19.4 Å². The highest BCUT2D eigenvalue weighted by molar-refractivity contribution is 6.00. The number of rotatable bonds is 3. The number of halogens is 1. The van der Waals surface area contributed by atoms with Gasteiger partial charge in [0.15, 0.2) is 0 Å². The van der Waals surface area contributed by atoms with E-state index in [-0.39, 0.29) is 17.4 Å². The van der Waals surface area contributed by atoms with Crippen LogP contribution in [0.5, 0.6) is 0 Å². The Morgan fingerprint density at radius 3 is 2.95 bits per heavy atom. The number of imide groups is 1. The molecule has 1 aliphatic heterocycles.